The van der Waals surface area contributed by atoms with Gasteiger partial charge < -0.3 is 13.7 Å². The fourth-order valence-electron chi connectivity index (χ4n) is 11.4. The minimum Gasteiger partial charge on any atom is -0.309 e. The molecule has 0 aliphatic carbocycles. The van der Waals surface area contributed by atoms with Crippen molar-refractivity contribution < 1.29 is 0 Å². The van der Waals surface area contributed by atoms with Crippen molar-refractivity contribution in [2.24, 2.45) is 0 Å². The molecule has 14 rings (SSSR count). The summed E-state index contributed by atoms with van der Waals surface area (Å²) in [5.41, 5.74) is 17.9. The van der Waals surface area contributed by atoms with Gasteiger partial charge in [-0.1, -0.05) is 164 Å². The van der Waals surface area contributed by atoms with Gasteiger partial charge in [-0.15, -0.1) is 6.42 Å². The molecule has 0 bridgehead atoms. The van der Waals surface area contributed by atoms with Gasteiger partial charge in [0.2, 0.25) is 0 Å². The van der Waals surface area contributed by atoms with Crippen LogP contribution in [-0.4, -0.2) is 18.7 Å². The van der Waals surface area contributed by atoms with E-state index in [9.17, 15) is 5.26 Å². The average molecular weight is 928 g/mol. The Balaban J connectivity index is 0.997. The molecule has 0 amide bonds. The maximum atomic E-state index is 10.9. The summed E-state index contributed by atoms with van der Waals surface area (Å²) in [4.78, 5) is 5.67. The van der Waals surface area contributed by atoms with Crippen LogP contribution in [0.2, 0.25) is 0 Å². The highest BCUT2D eigenvalue weighted by Crippen LogP contribution is 2.45. The lowest BCUT2D eigenvalue weighted by atomic mass is 9.87. The summed E-state index contributed by atoms with van der Waals surface area (Å²) in [5, 5.41) is 18.2. The number of nitriles is 1. The molecule has 5 heteroatoms. The van der Waals surface area contributed by atoms with E-state index < -0.39 is 0 Å². The van der Waals surface area contributed by atoms with Crippen LogP contribution in [0.15, 0.2) is 243 Å². The van der Waals surface area contributed by atoms with Crippen LogP contribution in [0.4, 0.5) is 0 Å². The maximum Gasteiger partial charge on any atom is 0.101 e. The fourth-order valence-corrected chi connectivity index (χ4v) is 11.4. The first-order valence-electron chi connectivity index (χ1n) is 24.5. The topological polar surface area (TPSA) is 51.5 Å². The van der Waals surface area contributed by atoms with Gasteiger partial charge in [-0.05, 0) is 96.1 Å². The zero-order valence-electron chi connectivity index (χ0n) is 39.4. The molecule has 73 heavy (non-hydrogen) atoms. The van der Waals surface area contributed by atoms with E-state index in [4.69, 9.17) is 11.4 Å². The molecule has 338 valence electrons. The third kappa shape index (κ3) is 6.54. The molecule has 5 nitrogen and oxygen atoms in total. The Morgan fingerprint density at radius 3 is 1.08 bits per heavy atom. The van der Waals surface area contributed by atoms with Gasteiger partial charge in [-0.2, -0.15) is 5.26 Å². The summed E-state index contributed by atoms with van der Waals surface area (Å²) in [6.45, 7) is 0. The van der Waals surface area contributed by atoms with Gasteiger partial charge in [-0.3, -0.25) is 0 Å². The summed E-state index contributed by atoms with van der Waals surface area (Å²) in [6, 6.07) is 88.0. The van der Waals surface area contributed by atoms with E-state index in [1.165, 1.54) is 32.3 Å². The standard InChI is InChI=1S/C68H41N5/c1-2-44-16-15-23-51(59(44)43-69)58-42-60(45-30-36-48(37-31-45)71-61-24-9-3-17-52(61)53-18-4-10-25-62(53)71)70-68(47-34-40-50(41-35-47)73-65-28-13-7-21-56(65)57-22-8-14-29-66(57)73)67(58)46-32-38-49(39-33-46)72-63-26-11-5-19-54(63)55-20-6-12-27-64(55)72/h1,3-42H. The predicted molar refractivity (Wildman–Crippen MR) is 302 cm³/mol. The van der Waals surface area contributed by atoms with Crippen molar-refractivity contribution >= 4 is 65.4 Å². The Labute approximate surface area is 421 Å². The van der Waals surface area contributed by atoms with Gasteiger partial charge in [0.1, 0.15) is 6.07 Å². The Hall–Kier alpha value is -10.2. The third-order valence-corrected chi connectivity index (χ3v) is 14.6. The second kappa shape index (κ2) is 16.7. The molecule has 0 unspecified atom stereocenters. The van der Waals surface area contributed by atoms with Crippen molar-refractivity contribution in [3.8, 4) is 80.2 Å². The molecule has 4 aromatic heterocycles. The van der Waals surface area contributed by atoms with Gasteiger partial charge in [-0.25, -0.2) is 4.98 Å². The first kappa shape index (κ1) is 41.7. The minimum absolute atomic E-state index is 0.444. The summed E-state index contributed by atoms with van der Waals surface area (Å²) in [5.74, 6) is 2.80. The van der Waals surface area contributed by atoms with Gasteiger partial charge in [0, 0.05) is 77.2 Å². The fraction of sp³-hybridized carbons (Fsp3) is 0. The molecular weight excluding hydrogens is 887 g/mol. The molecule has 0 spiro atoms. The van der Waals surface area contributed by atoms with E-state index >= 15 is 0 Å². The Morgan fingerprint density at radius 2 is 0.712 bits per heavy atom. The summed E-state index contributed by atoms with van der Waals surface area (Å²) >= 11 is 0. The molecule has 0 N–H and O–H groups in total. The molecule has 0 saturated heterocycles. The highest BCUT2D eigenvalue weighted by molar-refractivity contribution is 6.11. The monoisotopic (exact) mass is 927 g/mol. The number of hydrogen-bond acceptors (Lipinski definition) is 2. The molecule has 0 aliphatic rings. The van der Waals surface area contributed by atoms with Crippen LogP contribution in [0.25, 0.3) is 127 Å². The molecule has 0 fully saturated rings. The van der Waals surface area contributed by atoms with Crippen LogP contribution in [0.3, 0.4) is 0 Å². The maximum absolute atomic E-state index is 10.9. The number of para-hydroxylation sites is 6. The summed E-state index contributed by atoms with van der Waals surface area (Å²) < 4.78 is 6.99. The second-order valence-electron chi connectivity index (χ2n) is 18.5. The highest BCUT2D eigenvalue weighted by atomic mass is 15.0. The number of nitrogens with zero attached hydrogens (tertiary/aromatic N) is 5. The van der Waals surface area contributed by atoms with Crippen LogP contribution in [0.5, 0.6) is 0 Å². The average Bonchev–Trinajstić information content (AvgIpc) is 4.12. The van der Waals surface area contributed by atoms with Crippen LogP contribution in [0.1, 0.15) is 11.1 Å². The van der Waals surface area contributed by atoms with Gasteiger partial charge in [0.15, 0.2) is 0 Å². The number of rotatable bonds is 7. The summed E-state index contributed by atoms with van der Waals surface area (Å²) in [7, 11) is 0. The molecular formula is C68H41N5. The Morgan fingerprint density at radius 1 is 0.356 bits per heavy atom. The number of terminal acetylenes is 1. The van der Waals surface area contributed by atoms with E-state index in [2.05, 4.69) is 250 Å². The zero-order chi connectivity index (χ0) is 48.6. The summed E-state index contributed by atoms with van der Waals surface area (Å²) in [6.07, 6.45) is 6.13. The molecule has 0 atom stereocenters. The number of fused-ring (bicyclic) bond motifs is 9. The smallest absolute Gasteiger partial charge is 0.101 e. The predicted octanol–water partition coefficient (Wildman–Crippen LogP) is 16.9. The van der Waals surface area contributed by atoms with Crippen molar-refractivity contribution in [3.63, 3.8) is 0 Å². The molecule has 0 radical (unpaired) electrons. The van der Waals surface area contributed by atoms with E-state index in [0.29, 0.717) is 11.1 Å². The zero-order valence-corrected chi connectivity index (χ0v) is 39.4. The van der Waals surface area contributed by atoms with Gasteiger partial charge in [0.05, 0.1) is 50.1 Å². The molecule has 4 heterocycles. The van der Waals surface area contributed by atoms with Crippen LogP contribution in [0, 0.1) is 23.7 Å². The van der Waals surface area contributed by atoms with E-state index in [1.54, 1.807) is 0 Å². The van der Waals surface area contributed by atoms with Crippen molar-refractivity contribution in [3.05, 3.63) is 254 Å². The Bertz CT molecular complexity index is 4450. The van der Waals surface area contributed by atoms with E-state index in [1.807, 2.05) is 18.2 Å². The second-order valence-corrected chi connectivity index (χ2v) is 18.5. The van der Waals surface area contributed by atoms with Crippen molar-refractivity contribution in [2.45, 2.75) is 0 Å². The molecule has 0 aliphatic heterocycles. The van der Waals surface area contributed by atoms with E-state index in [-0.39, 0.29) is 0 Å². The lowest BCUT2D eigenvalue weighted by Crippen LogP contribution is -2.00. The number of aromatic nitrogens is 4. The highest BCUT2D eigenvalue weighted by Gasteiger charge is 2.23. The quantitative estimate of drug-likeness (QED) is 0.150. The minimum atomic E-state index is 0.444. The lowest BCUT2D eigenvalue weighted by Gasteiger charge is -2.20. The molecule has 14 aromatic rings. The van der Waals surface area contributed by atoms with Gasteiger partial charge >= 0.3 is 0 Å². The largest absolute Gasteiger partial charge is 0.309 e. The van der Waals surface area contributed by atoms with Crippen molar-refractivity contribution in [2.75, 3.05) is 0 Å². The molecule has 10 aromatic carbocycles. The number of benzene rings is 10. The normalized spacial score (nSPS) is 11.5. The number of pyridine rings is 1. The van der Waals surface area contributed by atoms with Crippen LogP contribution in [-0.2, 0) is 0 Å². The lowest BCUT2D eigenvalue weighted by molar-refractivity contribution is 1.18. The number of hydrogen-bond donors (Lipinski definition) is 0. The van der Waals surface area contributed by atoms with Crippen molar-refractivity contribution in [1.29, 1.82) is 5.26 Å². The van der Waals surface area contributed by atoms with Crippen LogP contribution >= 0.6 is 0 Å². The first-order chi connectivity index (χ1) is 36.1. The van der Waals surface area contributed by atoms with Gasteiger partial charge in [0.25, 0.3) is 0 Å². The van der Waals surface area contributed by atoms with Crippen LogP contribution < -0.4 is 0 Å². The van der Waals surface area contributed by atoms with E-state index in [0.717, 1.165) is 94.9 Å². The van der Waals surface area contributed by atoms with Crippen molar-refractivity contribution in [1.82, 2.24) is 18.7 Å². The first-order valence-corrected chi connectivity index (χ1v) is 24.5. The third-order valence-electron chi connectivity index (χ3n) is 14.6. The Kier molecular flexibility index (Phi) is 9.58. The SMILES string of the molecule is C#Cc1cccc(-c2cc(-c3ccc(-n4c5ccccc5c5ccccc54)cc3)nc(-c3ccc(-n4c5ccccc5c5ccccc54)cc3)c2-c2ccc(-n3c4ccccc4c4ccccc43)cc2)c1C#N. The molecule has 0 saturated carbocycles.